The molecule has 6 nitrogen and oxygen atoms in total. The molecule has 1 saturated heterocycles. The highest BCUT2D eigenvalue weighted by Gasteiger charge is 2.25. The van der Waals surface area contributed by atoms with Crippen molar-refractivity contribution < 1.29 is 4.79 Å². The number of aldehydes is 1. The van der Waals surface area contributed by atoms with Crippen LogP contribution in [0.5, 0.6) is 0 Å². The van der Waals surface area contributed by atoms with Gasteiger partial charge in [0, 0.05) is 37.0 Å². The van der Waals surface area contributed by atoms with Crippen LogP contribution >= 0.6 is 0 Å². The Bertz CT molecular complexity index is 1070. The van der Waals surface area contributed by atoms with Crippen molar-refractivity contribution in [2.45, 2.75) is 107 Å². The maximum Gasteiger partial charge on any atom is 0.161 e. The zero-order valence-electron chi connectivity index (χ0n) is 26.9. The van der Waals surface area contributed by atoms with Gasteiger partial charge in [0.1, 0.15) is 12.1 Å². The molecule has 0 saturated carbocycles. The van der Waals surface area contributed by atoms with E-state index in [1.54, 1.807) is 0 Å². The van der Waals surface area contributed by atoms with Gasteiger partial charge in [0.05, 0.1) is 6.20 Å². The lowest BCUT2D eigenvalue weighted by molar-refractivity contribution is -0.106. The monoisotopic (exact) mass is 549 g/mol. The molecular formula is C34H55N5O. The van der Waals surface area contributed by atoms with E-state index in [0.29, 0.717) is 5.92 Å². The van der Waals surface area contributed by atoms with Crippen molar-refractivity contribution in [1.82, 2.24) is 20.2 Å². The van der Waals surface area contributed by atoms with Crippen LogP contribution in [0.15, 0.2) is 48.4 Å². The van der Waals surface area contributed by atoms with Gasteiger partial charge in [-0.15, -0.1) is 0 Å². The first-order chi connectivity index (χ1) is 19.3. The lowest BCUT2D eigenvalue weighted by Crippen LogP contribution is -2.20. The Kier molecular flexibility index (Phi) is 20.7. The molecule has 0 bridgehead atoms. The molecule has 0 aliphatic carbocycles. The number of aromatic nitrogens is 4. The van der Waals surface area contributed by atoms with E-state index in [-0.39, 0.29) is 0 Å². The van der Waals surface area contributed by atoms with Crippen molar-refractivity contribution in [1.29, 1.82) is 0 Å². The first-order valence-electron chi connectivity index (χ1n) is 15.0. The summed E-state index contributed by atoms with van der Waals surface area (Å²) in [5.74, 6) is 2.29. The largest absolute Gasteiger partial charge is 0.356 e. The number of unbranched alkanes of at least 4 members (excludes halogenated alkanes) is 1. The number of nitrogens with one attached hydrogen (secondary N) is 1. The van der Waals surface area contributed by atoms with Crippen molar-refractivity contribution in [3.05, 3.63) is 65.1 Å². The minimum Gasteiger partial charge on any atom is -0.356 e. The van der Waals surface area contributed by atoms with E-state index in [1.165, 1.54) is 54.9 Å². The zero-order valence-corrected chi connectivity index (χ0v) is 26.9. The Morgan fingerprint density at radius 3 is 2.17 bits per heavy atom. The summed E-state index contributed by atoms with van der Waals surface area (Å²) < 4.78 is 0. The Hall–Kier alpha value is -3.28. The average Bonchev–Trinajstić information content (AvgIpc) is 3.64. The molecule has 3 heterocycles. The van der Waals surface area contributed by atoms with Crippen LogP contribution in [-0.4, -0.2) is 39.5 Å². The molecule has 1 atom stereocenters. The van der Waals surface area contributed by atoms with Gasteiger partial charge in [-0.3, -0.25) is 5.10 Å². The van der Waals surface area contributed by atoms with Crippen LogP contribution in [0.25, 0.3) is 17.5 Å². The van der Waals surface area contributed by atoms with Gasteiger partial charge in [0.2, 0.25) is 0 Å². The predicted molar refractivity (Wildman–Crippen MR) is 174 cm³/mol. The topological polar surface area (TPSA) is 74.8 Å². The highest BCUT2D eigenvalue weighted by molar-refractivity contribution is 5.64. The molecule has 222 valence electrons. The molecule has 2 aromatic heterocycles. The summed E-state index contributed by atoms with van der Waals surface area (Å²) >= 11 is 0. The first-order valence-corrected chi connectivity index (χ1v) is 15.0. The molecule has 1 aliphatic heterocycles. The second-order valence-electron chi connectivity index (χ2n) is 10.1. The number of nitrogens with zero attached hydrogens (tertiary/aromatic N) is 4. The number of anilines is 1. The third-order valence-corrected chi connectivity index (χ3v) is 5.62. The summed E-state index contributed by atoms with van der Waals surface area (Å²) in [5, 5.41) is 6.99. The fourth-order valence-corrected chi connectivity index (χ4v) is 3.68. The molecule has 4 rings (SSSR count). The van der Waals surface area contributed by atoms with Gasteiger partial charge in [-0.1, -0.05) is 91.0 Å². The zero-order chi connectivity index (χ0) is 30.3. The second-order valence-corrected chi connectivity index (χ2v) is 10.1. The van der Waals surface area contributed by atoms with Gasteiger partial charge in [-0.2, -0.15) is 5.10 Å². The molecule has 0 spiro atoms. The van der Waals surface area contributed by atoms with Gasteiger partial charge < -0.3 is 9.69 Å². The number of carbonyl (C=O) groups is 1. The first kappa shape index (κ1) is 36.7. The third-order valence-electron chi connectivity index (χ3n) is 5.62. The minimum absolute atomic E-state index is 0.507. The van der Waals surface area contributed by atoms with E-state index in [2.05, 4.69) is 107 Å². The number of allylic oxidation sites excluding steroid dienone is 1. The Balaban J connectivity index is 0.000000996. The summed E-state index contributed by atoms with van der Waals surface area (Å²) in [5.41, 5.74) is 6.12. The SMILES string of the molecule is CC(C)=Cc1ccc(-c2nccc(N3CCC(c4cn[nH]c4)C3)n2)cc1C.CC=O.CCC.CCC.CCCC. The highest BCUT2D eigenvalue weighted by atomic mass is 16.1. The van der Waals surface area contributed by atoms with E-state index in [1.807, 2.05) is 24.7 Å². The predicted octanol–water partition coefficient (Wildman–Crippen LogP) is 9.44. The van der Waals surface area contributed by atoms with E-state index < -0.39 is 0 Å². The number of H-pyrrole nitrogens is 1. The van der Waals surface area contributed by atoms with E-state index >= 15 is 0 Å². The fraction of sp³-hybridized carbons (Fsp3) is 0.529. The quantitative estimate of drug-likeness (QED) is 0.321. The molecular weight excluding hydrogens is 494 g/mol. The summed E-state index contributed by atoms with van der Waals surface area (Å²) in [7, 11) is 0. The van der Waals surface area contributed by atoms with Gasteiger partial charge in [0.25, 0.3) is 0 Å². The summed E-state index contributed by atoms with van der Waals surface area (Å²) in [6.45, 7) is 22.6. The van der Waals surface area contributed by atoms with E-state index in [9.17, 15) is 0 Å². The van der Waals surface area contributed by atoms with Gasteiger partial charge in [0.15, 0.2) is 5.82 Å². The van der Waals surface area contributed by atoms with Crippen LogP contribution in [-0.2, 0) is 4.79 Å². The molecule has 1 N–H and O–H groups in total. The van der Waals surface area contributed by atoms with Crippen LogP contribution < -0.4 is 4.90 Å². The number of aromatic amines is 1. The minimum atomic E-state index is 0.507. The number of benzene rings is 1. The van der Waals surface area contributed by atoms with Crippen molar-refractivity contribution in [3.63, 3.8) is 0 Å². The van der Waals surface area contributed by atoms with Crippen LogP contribution in [0.1, 0.15) is 117 Å². The van der Waals surface area contributed by atoms with Crippen molar-refractivity contribution in [3.8, 4) is 11.4 Å². The number of carbonyl (C=O) groups excluding carboxylic acids is 1. The summed E-state index contributed by atoms with van der Waals surface area (Å²) in [4.78, 5) is 20.5. The lowest BCUT2D eigenvalue weighted by Gasteiger charge is -2.18. The lowest BCUT2D eigenvalue weighted by atomic mass is 10.0. The molecule has 1 fully saturated rings. The summed E-state index contributed by atoms with van der Waals surface area (Å²) in [6.07, 6.45) is 15.0. The fourth-order valence-electron chi connectivity index (χ4n) is 3.68. The normalized spacial score (nSPS) is 13.2. The Morgan fingerprint density at radius 2 is 1.68 bits per heavy atom. The molecule has 0 radical (unpaired) electrons. The van der Waals surface area contributed by atoms with Crippen LogP contribution in [0.3, 0.4) is 0 Å². The molecule has 40 heavy (non-hydrogen) atoms. The maximum absolute atomic E-state index is 8.81. The van der Waals surface area contributed by atoms with Crippen molar-refractivity contribution in [2.75, 3.05) is 18.0 Å². The number of hydrogen-bond acceptors (Lipinski definition) is 5. The smallest absolute Gasteiger partial charge is 0.161 e. The average molecular weight is 550 g/mol. The summed E-state index contributed by atoms with van der Waals surface area (Å²) in [6, 6.07) is 8.44. The van der Waals surface area contributed by atoms with Crippen molar-refractivity contribution in [2.24, 2.45) is 0 Å². The molecule has 1 aliphatic rings. The highest BCUT2D eigenvalue weighted by Crippen LogP contribution is 2.30. The Labute approximate surface area is 244 Å². The third kappa shape index (κ3) is 14.2. The maximum atomic E-state index is 8.81. The van der Waals surface area contributed by atoms with Gasteiger partial charge >= 0.3 is 0 Å². The molecule has 1 aromatic carbocycles. The van der Waals surface area contributed by atoms with Crippen LogP contribution in [0.4, 0.5) is 5.82 Å². The number of rotatable bonds is 5. The number of hydrogen-bond donors (Lipinski definition) is 1. The molecule has 3 aromatic rings. The van der Waals surface area contributed by atoms with Crippen LogP contribution in [0.2, 0.25) is 0 Å². The standard InChI is InChI=1S/C22H25N5.C4H10.2C3H8.C2H4O/c1-15(2)10-17-4-5-18(11-16(17)3)22-23-8-6-21(26-22)27-9-7-19(14-27)20-12-24-25-13-20;1-3-4-2;2*1-3-2;1-2-3/h4-6,8,10-13,19H,7,9,14H2,1-3H3,(H,24,25);3-4H2,1-2H3;2*3H2,1-2H3;2H,1H3. The van der Waals surface area contributed by atoms with Gasteiger partial charge in [-0.25, -0.2) is 9.97 Å². The van der Waals surface area contributed by atoms with Crippen LogP contribution in [0, 0.1) is 6.92 Å². The molecule has 0 amide bonds. The molecule has 6 heteroatoms. The molecule has 1 unspecified atom stereocenters. The van der Waals surface area contributed by atoms with Gasteiger partial charge in [-0.05, 0) is 62.9 Å². The van der Waals surface area contributed by atoms with E-state index in [4.69, 9.17) is 9.78 Å². The Morgan fingerprint density at radius 1 is 1.05 bits per heavy atom. The number of aryl methyl sites for hydroxylation is 1. The second kappa shape index (κ2) is 22.5. The van der Waals surface area contributed by atoms with Crippen molar-refractivity contribution >= 4 is 18.2 Å². The van der Waals surface area contributed by atoms with E-state index in [0.717, 1.165) is 43.0 Å².